The Morgan fingerprint density at radius 2 is 2.12 bits per heavy atom. The Kier molecular flexibility index (Phi) is 7.00. The van der Waals surface area contributed by atoms with Gasteiger partial charge in [-0.3, -0.25) is 9.59 Å². The summed E-state index contributed by atoms with van der Waals surface area (Å²) in [6.07, 6.45) is 2.58. The van der Waals surface area contributed by atoms with Crippen LogP contribution in [-0.2, 0) is 22.0 Å². The first-order valence-corrected chi connectivity index (χ1v) is 9.24. The lowest BCUT2D eigenvalue weighted by Crippen LogP contribution is -2.19. The molecule has 0 saturated heterocycles. The van der Waals surface area contributed by atoms with Gasteiger partial charge in [0.2, 0.25) is 0 Å². The lowest BCUT2D eigenvalue weighted by molar-refractivity contribution is -0.141. The van der Waals surface area contributed by atoms with Gasteiger partial charge < -0.3 is 9.30 Å². The van der Waals surface area contributed by atoms with Gasteiger partial charge in [-0.15, -0.1) is 11.6 Å². The summed E-state index contributed by atoms with van der Waals surface area (Å²) in [7, 11) is 0. The van der Waals surface area contributed by atoms with Crippen LogP contribution in [0.25, 0.3) is 10.9 Å². The van der Waals surface area contributed by atoms with E-state index < -0.39 is 0 Å². The van der Waals surface area contributed by atoms with Gasteiger partial charge in [-0.2, -0.15) is 4.98 Å². The summed E-state index contributed by atoms with van der Waals surface area (Å²) in [5, 5.41) is 0.631. The molecule has 1 heterocycles. The number of ether oxygens (including phenoxy) is 1. The SMILES string of the molecule is CCC(C)c1ccc2c(c1)c(=O)nc(CCl)n2CCCCOC(C)=O. The number of aromatic nitrogens is 2. The Labute approximate surface area is 153 Å². The van der Waals surface area contributed by atoms with Gasteiger partial charge in [0.25, 0.3) is 5.56 Å². The van der Waals surface area contributed by atoms with E-state index in [1.807, 2.05) is 16.7 Å². The average Bonchev–Trinajstić information content (AvgIpc) is 2.61. The van der Waals surface area contributed by atoms with Crippen molar-refractivity contribution in [3.8, 4) is 0 Å². The molecule has 136 valence electrons. The standard InChI is InChI=1S/C19H25ClN2O3/c1-4-13(2)15-7-8-17-16(11-15)19(24)21-18(12-20)22(17)9-5-6-10-25-14(3)23/h7-8,11,13H,4-6,9-10,12H2,1-3H3. The number of fused-ring (bicyclic) bond motifs is 1. The van der Waals surface area contributed by atoms with Crippen LogP contribution in [0, 0.1) is 0 Å². The number of unbranched alkanes of at least 4 members (excludes halogenated alkanes) is 1. The first-order valence-electron chi connectivity index (χ1n) is 8.70. The van der Waals surface area contributed by atoms with E-state index in [0.29, 0.717) is 30.3 Å². The highest BCUT2D eigenvalue weighted by atomic mass is 35.5. The molecular weight excluding hydrogens is 340 g/mol. The van der Waals surface area contributed by atoms with Crippen LogP contribution < -0.4 is 5.56 Å². The number of hydrogen-bond acceptors (Lipinski definition) is 4. The molecule has 6 heteroatoms. The van der Waals surface area contributed by atoms with Crippen molar-refractivity contribution in [2.24, 2.45) is 0 Å². The molecule has 2 rings (SSSR count). The van der Waals surface area contributed by atoms with E-state index in [4.69, 9.17) is 16.3 Å². The predicted molar refractivity (Wildman–Crippen MR) is 100 cm³/mol. The van der Waals surface area contributed by atoms with Crippen molar-refractivity contribution >= 4 is 28.5 Å². The van der Waals surface area contributed by atoms with E-state index in [1.54, 1.807) is 0 Å². The molecule has 0 saturated carbocycles. The summed E-state index contributed by atoms with van der Waals surface area (Å²) >= 11 is 6.00. The molecule has 1 unspecified atom stereocenters. The summed E-state index contributed by atoms with van der Waals surface area (Å²) in [6.45, 7) is 6.76. The van der Waals surface area contributed by atoms with Crippen LogP contribution in [0.5, 0.6) is 0 Å². The van der Waals surface area contributed by atoms with Crippen LogP contribution in [0.15, 0.2) is 23.0 Å². The van der Waals surface area contributed by atoms with Crippen molar-refractivity contribution in [2.45, 2.75) is 58.4 Å². The molecule has 5 nitrogen and oxygen atoms in total. The third kappa shape index (κ3) is 4.82. The Morgan fingerprint density at radius 1 is 1.36 bits per heavy atom. The zero-order valence-electron chi connectivity index (χ0n) is 15.0. The zero-order valence-corrected chi connectivity index (χ0v) is 15.8. The number of carbonyl (C=O) groups is 1. The number of esters is 1. The first-order chi connectivity index (χ1) is 12.0. The third-order valence-electron chi connectivity index (χ3n) is 4.47. The number of aryl methyl sites for hydroxylation is 1. The maximum atomic E-state index is 12.4. The number of nitrogens with zero attached hydrogens (tertiary/aromatic N) is 2. The second-order valence-corrected chi connectivity index (χ2v) is 6.52. The molecular formula is C19H25ClN2O3. The fourth-order valence-electron chi connectivity index (χ4n) is 2.82. The molecule has 0 radical (unpaired) electrons. The molecule has 0 fully saturated rings. The molecule has 1 aromatic carbocycles. The number of benzene rings is 1. The Bertz CT molecular complexity index is 801. The van der Waals surface area contributed by atoms with E-state index >= 15 is 0 Å². The maximum absolute atomic E-state index is 12.4. The quantitative estimate of drug-likeness (QED) is 0.403. The summed E-state index contributed by atoms with van der Waals surface area (Å²) in [5.41, 5.74) is 1.77. The summed E-state index contributed by atoms with van der Waals surface area (Å²) in [5.74, 6) is 0.883. The van der Waals surface area contributed by atoms with Crippen LogP contribution in [-0.4, -0.2) is 22.1 Å². The summed E-state index contributed by atoms with van der Waals surface area (Å²) in [4.78, 5) is 27.4. The van der Waals surface area contributed by atoms with Crippen molar-refractivity contribution in [1.82, 2.24) is 9.55 Å². The normalized spacial score (nSPS) is 12.3. The number of carbonyl (C=O) groups excluding carboxylic acids is 1. The van der Waals surface area contributed by atoms with Crippen LogP contribution in [0.3, 0.4) is 0 Å². The zero-order chi connectivity index (χ0) is 18.4. The van der Waals surface area contributed by atoms with Gasteiger partial charge in [0.1, 0.15) is 5.82 Å². The van der Waals surface area contributed by atoms with Crippen LogP contribution in [0.2, 0.25) is 0 Å². The minimum Gasteiger partial charge on any atom is -0.466 e. The second-order valence-electron chi connectivity index (χ2n) is 6.25. The van der Waals surface area contributed by atoms with E-state index in [9.17, 15) is 9.59 Å². The van der Waals surface area contributed by atoms with Gasteiger partial charge in [-0.05, 0) is 42.9 Å². The first kappa shape index (κ1) is 19.4. The van der Waals surface area contributed by atoms with Crippen molar-refractivity contribution in [3.63, 3.8) is 0 Å². The monoisotopic (exact) mass is 364 g/mol. The molecule has 0 aliphatic carbocycles. The van der Waals surface area contributed by atoms with Crippen LogP contribution in [0.4, 0.5) is 0 Å². The molecule has 0 N–H and O–H groups in total. The smallest absolute Gasteiger partial charge is 0.302 e. The molecule has 0 bridgehead atoms. The van der Waals surface area contributed by atoms with Gasteiger partial charge in [-0.1, -0.05) is 19.9 Å². The van der Waals surface area contributed by atoms with Gasteiger partial charge in [-0.25, -0.2) is 0 Å². The van der Waals surface area contributed by atoms with Crippen LogP contribution in [0.1, 0.15) is 57.3 Å². The molecule has 0 amide bonds. The minimum absolute atomic E-state index is 0.183. The van der Waals surface area contributed by atoms with Crippen molar-refractivity contribution in [1.29, 1.82) is 0 Å². The lowest BCUT2D eigenvalue weighted by Gasteiger charge is -2.16. The fraction of sp³-hybridized carbons (Fsp3) is 0.526. The van der Waals surface area contributed by atoms with E-state index in [0.717, 1.165) is 30.3 Å². The van der Waals surface area contributed by atoms with Crippen molar-refractivity contribution < 1.29 is 9.53 Å². The molecule has 2 aromatic rings. The molecule has 0 aliphatic rings. The van der Waals surface area contributed by atoms with Gasteiger partial charge in [0, 0.05) is 13.5 Å². The maximum Gasteiger partial charge on any atom is 0.302 e. The average molecular weight is 365 g/mol. The van der Waals surface area contributed by atoms with Gasteiger partial charge in [0.15, 0.2) is 0 Å². The van der Waals surface area contributed by atoms with E-state index in [1.165, 1.54) is 6.92 Å². The fourth-order valence-corrected chi connectivity index (χ4v) is 3.02. The Hall–Kier alpha value is -1.88. The highest BCUT2D eigenvalue weighted by molar-refractivity contribution is 6.16. The second kappa shape index (κ2) is 8.99. The molecule has 25 heavy (non-hydrogen) atoms. The minimum atomic E-state index is -0.269. The highest BCUT2D eigenvalue weighted by Gasteiger charge is 2.12. The topological polar surface area (TPSA) is 61.2 Å². The van der Waals surface area contributed by atoms with Gasteiger partial charge >= 0.3 is 5.97 Å². The molecule has 1 atom stereocenters. The van der Waals surface area contributed by atoms with Crippen LogP contribution >= 0.6 is 11.6 Å². The predicted octanol–water partition coefficient (Wildman–Crippen LogP) is 3.99. The van der Waals surface area contributed by atoms with E-state index in [2.05, 4.69) is 24.9 Å². The van der Waals surface area contributed by atoms with Crippen molar-refractivity contribution in [3.05, 3.63) is 39.9 Å². The molecule has 0 spiro atoms. The Balaban J connectivity index is 2.32. The summed E-state index contributed by atoms with van der Waals surface area (Å²) in [6, 6.07) is 6.01. The molecule has 1 aromatic heterocycles. The van der Waals surface area contributed by atoms with Crippen molar-refractivity contribution in [2.75, 3.05) is 6.61 Å². The molecule has 0 aliphatic heterocycles. The number of hydrogen-bond donors (Lipinski definition) is 0. The largest absolute Gasteiger partial charge is 0.466 e. The third-order valence-corrected chi connectivity index (χ3v) is 4.71. The number of rotatable bonds is 8. The Morgan fingerprint density at radius 3 is 2.76 bits per heavy atom. The number of alkyl halides is 1. The lowest BCUT2D eigenvalue weighted by atomic mass is 9.97. The number of halogens is 1. The highest BCUT2D eigenvalue weighted by Crippen LogP contribution is 2.23. The van der Waals surface area contributed by atoms with E-state index in [-0.39, 0.29) is 17.4 Å². The summed E-state index contributed by atoms with van der Waals surface area (Å²) < 4.78 is 6.96. The van der Waals surface area contributed by atoms with Gasteiger partial charge in [0.05, 0.1) is 23.4 Å².